The molecule has 27 heavy (non-hydrogen) atoms. The van der Waals surface area contributed by atoms with Crippen molar-refractivity contribution in [1.29, 1.82) is 0 Å². The molecule has 1 fully saturated rings. The summed E-state index contributed by atoms with van der Waals surface area (Å²) < 4.78 is 5.76. The van der Waals surface area contributed by atoms with Gasteiger partial charge in [0, 0.05) is 18.7 Å². The molecule has 142 valence electrons. The highest BCUT2D eigenvalue weighted by Gasteiger charge is 2.26. The third kappa shape index (κ3) is 4.54. The lowest BCUT2D eigenvalue weighted by Crippen LogP contribution is -2.35. The van der Waals surface area contributed by atoms with Crippen molar-refractivity contribution in [1.82, 2.24) is 10.2 Å². The number of benzene rings is 2. The van der Waals surface area contributed by atoms with E-state index in [-0.39, 0.29) is 12.0 Å². The SMILES string of the molecule is CCC(C)Oc1ccc(C(=O)N2CCN/C2=N\c2c(Cl)cccc2Cl)cc1. The monoisotopic (exact) mass is 405 g/mol. The topological polar surface area (TPSA) is 53.9 Å². The second-order valence-electron chi connectivity index (χ2n) is 6.25. The van der Waals surface area contributed by atoms with Crippen LogP contribution in [0.4, 0.5) is 5.69 Å². The number of hydrogen-bond acceptors (Lipinski definition) is 3. The normalized spacial score (nSPS) is 16.3. The van der Waals surface area contributed by atoms with Gasteiger partial charge < -0.3 is 10.1 Å². The van der Waals surface area contributed by atoms with Crippen LogP contribution in [0.5, 0.6) is 5.75 Å². The maximum Gasteiger partial charge on any atom is 0.260 e. The fraction of sp³-hybridized carbons (Fsp3) is 0.300. The van der Waals surface area contributed by atoms with Gasteiger partial charge in [0.05, 0.1) is 16.1 Å². The number of ether oxygens (including phenoxy) is 1. The van der Waals surface area contributed by atoms with E-state index in [0.29, 0.717) is 40.3 Å². The average Bonchev–Trinajstić information content (AvgIpc) is 3.13. The van der Waals surface area contributed by atoms with E-state index in [4.69, 9.17) is 27.9 Å². The van der Waals surface area contributed by atoms with Crippen LogP contribution < -0.4 is 10.1 Å². The number of carbonyl (C=O) groups excluding carboxylic acids is 1. The van der Waals surface area contributed by atoms with Gasteiger partial charge in [-0.05, 0) is 49.7 Å². The number of nitrogens with zero attached hydrogens (tertiary/aromatic N) is 2. The van der Waals surface area contributed by atoms with E-state index in [1.165, 1.54) is 0 Å². The second-order valence-corrected chi connectivity index (χ2v) is 7.06. The van der Waals surface area contributed by atoms with Crippen molar-refractivity contribution in [3.8, 4) is 5.75 Å². The lowest BCUT2D eigenvalue weighted by molar-refractivity contribution is 0.0859. The third-order valence-corrected chi connectivity index (χ3v) is 4.90. The molecule has 1 amide bonds. The van der Waals surface area contributed by atoms with Gasteiger partial charge in [-0.15, -0.1) is 0 Å². The highest BCUT2D eigenvalue weighted by Crippen LogP contribution is 2.33. The van der Waals surface area contributed by atoms with Crippen LogP contribution >= 0.6 is 23.2 Å². The van der Waals surface area contributed by atoms with Gasteiger partial charge in [-0.1, -0.05) is 36.2 Å². The standard InChI is InChI=1S/C20H21Cl2N3O2/c1-3-13(2)27-15-9-7-14(8-10-15)19(26)25-12-11-23-20(25)24-18-16(21)5-4-6-17(18)22/h4-10,13H,3,11-12H2,1-2H3,(H,23,24). The lowest BCUT2D eigenvalue weighted by Gasteiger charge is -2.17. The zero-order valence-corrected chi connectivity index (χ0v) is 16.7. The lowest BCUT2D eigenvalue weighted by atomic mass is 10.2. The first-order valence-electron chi connectivity index (χ1n) is 8.84. The molecule has 0 saturated carbocycles. The average molecular weight is 406 g/mol. The second kappa shape index (κ2) is 8.63. The molecule has 0 bridgehead atoms. The minimum absolute atomic E-state index is 0.133. The van der Waals surface area contributed by atoms with E-state index in [1.807, 2.05) is 19.1 Å². The Morgan fingerprint density at radius 2 is 1.89 bits per heavy atom. The first-order chi connectivity index (χ1) is 13.0. The molecule has 1 N–H and O–H groups in total. The van der Waals surface area contributed by atoms with Gasteiger partial charge in [0.25, 0.3) is 5.91 Å². The van der Waals surface area contributed by atoms with E-state index < -0.39 is 0 Å². The molecule has 1 atom stereocenters. The van der Waals surface area contributed by atoms with Crippen LogP contribution in [0.1, 0.15) is 30.6 Å². The molecule has 1 saturated heterocycles. The Balaban J connectivity index is 1.80. The first-order valence-corrected chi connectivity index (χ1v) is 9.60. The number of amides is 1. The Bertz CT molecular complexity index is 833. The number of aliphatic imine (C=N–C) groups is 1. The maximum absolute atomic E-state index is 12.9. The third-order valence-electron chi connectivity index (χ3n) is 4.29. The number of guanidine groups is 1. The van der Waals surface area contributed by atoms with Crippen molar-refractivity contribution in [3.05, 3.63) is 58.1 Å². The van der Waals surface area contributed by atoms with Gasteiger partial charge in [0.15, 0.2) is 0 Å². The predicted molar refractivity (Wildman–Crippen MR) is 109 cm³/mol. The highest BCUT2D eigenvalue weighted by molar-refractivity contribution is 6.38. The van der Waals surface area contributed by atoms with E-state index in [2.05, 4.69) is 17.2 Å². The maximum atomic E-state index is 12.9. The Kier molecular flexibility index (Phi) is 6.24. The Morgan fingerprint density at radius 3 is 2.52 bits per heavy atom. The van der Waals surface area contributed by atoms with Crippen LogP contribution in [0.15, 0.2) is 47.5 Å². The zero-order valence-electron chi connectivity index (χ0n) is 15.2. The molecule has 0 spiro atoms. The van der Waals surface area contributed by atoms with E-state index in [0.717, 1.165) is 12.2 Å². The van der Waals surface area contributed by atoms with Gasteiger partial charge in [-0.3, -0.25) is 9.69 Å². The molecule has 2 aromatic carbocycles. The van der Waals surface area contributed by atoms with Crippen molar-refractivity contribution >= 4 is 40.8 Å². The van der Waals surface area contributed by atoms with Crippen LogP contribution in [0, 0.1) is 0 Å². The molecular formula is C20H21Cl2N3O2. The largest absolute Gasteiger partial charge is 0.491 e. The minimum Gasteiger partial charge on any atom is -0.491 e. The van der Waals surface area contributed by atoms with Crippen molar-refractivity contribution in [2.45, 2.75) is 26.4 Å². The van der Waals surface area contributed by atoms with Crippen LogP contribution in [-0.2, 0) is 0 Å². The quantitative estimate of drug-likeness (QED) is 0.768. The van der Waals surface area contributed by atoms with Crippen molar-refractivity contribution in [2.24, 2.45) is 4.99 Å². The summed E-state index contributed by atoms with van der Waals surface area (Å²) in [6, 6.07) is 12.3. The molecule has 1 aliphatic heterocycles. The number of para-hydroxylation sites is 1. The molecule has 1 aliphatic rings. The van der Waals surface area contributed by atoms with Crippen molar-refractivity contribution in [3.63, 3.8) is 0 Å². The Morgan fingerprint density at radius 1 is 1.22 bits per heavy atom. The summed E-state index contributed by atoms with van der Waals surface area (Å²) in [5.74, 6) is 1.05. The molecule has 1 unspecified atom stereocenters. The molecule has 7 heteroatoms. The van der Waals surface area contributed by atoms with E-state index >= 15 is 0 Å². The summed E-state index contributed by atoms with van der Waals surface area (Å²) in [5, 5.41) is 3.98. The smallest absolute Gasteiger partial charge is 0.260 e. The molecule has 2 aromatic rings. The van der Waals surface area contributed by atoms with E-state index in [9.17, 15) is 4.79 Å². The Labute approximate surface area is 168 Å². The summed E-state index contributed by atoms with van der Waals surface area (Å²) in [6.45, 7) is 5.21. The Hall–Kier alpha value is -2.24. The fourth-order valence-electron chi connectivity index (χ4n) is 2.63. The number of hydrogen-bond donors (Lipinski definition) is 1. The van der Waals surface area contributed by atoms with Gasteiger partial charge >= 0.3 is 0 Å². The van der Waals surface area contributed by atoms with Gasteiger partial charge in [0.1, 0.15) is 11.4 Å². The summed E-state index contributed by atoms with van der Waals surface area (Å²) >= 11 is 12.4. The van der Waals surface area contributed by atoms with Crippen LogP contribution in [0.3, 0.4) is 0 Å². The predicted octanol–water partition coefficient (Wildman–Crippen LogP) is 4.90. The van der Waals surface area contributed by atoms with Crippen molar-refractivity contribution < 1.29 is 9.53 Å². The number of halogens is 2. The number of rotatable bonds is 5. The zero-order chi connectivity index (χ0) is 19.4. The van der Waals surface area contributed by atoms with Crippen LogP contribution in [-0.4, -0.2) is 36.0 Å². The molecule has 0 aromatic heterocycles. The molecule has 0 radical (unpaired) electrons. The molecule has 0 aliphatic carbocycles. The molecule has 3 rings (SSSR count). The minimum atomic E-state index is -0.142. The summed E-state index contributed by atoms with van der Waals surface area (Å²) in [7, 11) is 0. The van der Waals surface area contributed by atoms with Gasteiger partial charge in [-0.2, -0.15) is 0 Å². The first kappa shape index (κ1) is 19.5. The van der Waals surface area contributed by atoms with Gasteiger partial charge in [-0.25, -0.2) is 4.99 Å². The number of nitrogens with one attached hydrogen (secondary N) is 1. The number of carbonyl (C=O) groups is 1. The summed E-state index contributed by atoms with van der Waals surface area (Å²) in [5.41, 5.74) is 1.01. The summed E-state index contributed by atoms with van der Waals surface area (Å²) in [6.07, 6.45) is 1.05. The molecule has 1 heterocycles. The van der Waals surface area contributed by atoms with Gasteiger partial charge in [0.2, 0.25) is 5.96 Å². The fourth-order valence-corrected chi connectivity index (χ4v) is 3.11. The summed E-state index contributed by atoms with van der Waals surface area (Å²) in [4.78, 5) is 19.0. The van der Waals surface area contributed by atoms with Crippen molar-refractivity contribution in [2.75, 3.05) is 13.1 Å². The highest BCUT2D eigenvalue weighted by atomic mass is 35.5. The molecular weight excluding hydrogens is 385 g/mol. The van der Waals surface area contributed by atoms with Crippen LogP contribution in [0.25, 0.3) is 0 Å². The molecule has 5 nitrogen and oxygen atoms in total. The van der Waals surface area contributed by atoms with E-state index in [1.54, 1.807) is 35.2 Å². The van der Waals surface area contributed by atoms with Crippen LogP contribution in [0.2, 0.25) is 10.0 Å².